The van der Waals surface area contributed by atoms with Gasteiger partial charge in [-0.15, -0.1) is 0 Å². The van der Waals surface area contributed by atoms with Crippen LogP contribution < -0.4 is 14.5 Å². The van der Waals surface area contributed by atoms with Crippen LogP contribution in [0.25, 0.3) is 0 Å². The van der Waals surface area contributed by atoms with Gasteiger partial charge in [-0.1, -0.05) is 42.0 Å². The zero-order valence-electron chi connectivity index (χ0n) is 16.9. The number of para-hydroxylation sites is 2. The lowest BCUT2D eigenvalue weighted by Gasteiger charge is -2.33. The molecular weight excluding hydrogens is 366 g/mol. The predicted octanol–water partition coefficient (Wildman–Crippen LogP) is 1.04. The first-order valence-corrected chi connectivity index (χ1v) is 10.3. The highest BCUT2D eigenvalue weighted by Gasteiger charge is 2.29. The summed E-state index contributed by atoms with van der Waals surface area (Å²) in [6, 6.07) is 16.1. The number of fused-ring (bicyclic) bond motifs is 1. The van der Waals surface area contributed by atoms with Gasteiger partial charge in [0, 0.05) is 5.56 Å². The third kappa shape index (κ3) is 4.59. The molecule has 4 rings (SSSR count). The number of ether oxygens (including phenoxy) is 1. The zero-order valence-corrected chi connectivity index (χ0v) is 16.9. The summed E-state index contributed by atoms with van der Waals surface area (Å²) in [5.41, 5.74) is 3.31. The highest BCUT2D eigenvalue weighted by molar-refractivity contribution is 6.00. The van der Waals surface area contributed by atoms with Crippen molar-refractivity contribution in [3.8, 4) is 5.75 Å². The van der Waals surface area contributed by atoms with E-state index >= 15 is 0 Å². The average Bonchev–Trinajstić information content (AvgIpc) is 2.87. The molecule has 1 fully saturated rings. The normalized spacial score (nSPS) is 17.5. The molecule has 1 saturated heterocycles. The minimum absolute atomic E-state index is 0.00431. The van der Waals surface area contributed by atoms with Crippen molar-refractivity contribution in [2.24, 2.45) is 0 Å². The van der Waals surface area contributed by atoms with E-state index in [0.717, 1.165) is 32.7 Å². The van der Waals surface area contributed by atoms with Gasteiger partial charge in [0.05, 0.1) is 44.9 Å². The van der Waals surface area contributed by atoms with E-state index in [2.05, 4.69) is 31.2 Å². The molecule has 2 heterocycles. The quantitative estimate of drug-likeness (QED) is 0.843. The number of piperazine rings is 1. The molecule has 152 valence electrons. The Labute approximate surface area is 171 Å². The average molecular weight is 394 g/mol. The van der Waals surface area contributed by atoms with Gasteiger partial charge >= 0.3 is 0 Å². The standard InChI is InChI=1S/C23H27N3O3/c1-18-5-4-6-19(15-18)16-24-10-12-25(13-11-24)23(28)17-26-20-7-2-3-8-21(20)29-14-9-22(26)27/h2-8,15H,9-14,16-17H2,1H3/p+1. The number of rotatable bonds is 4. The van der Waals surface area contributed by atoms with Crippen LogP contribution in [0.5, 0.6) is 5.75 Å². The summed E-state index contributed by atoms with van der Waals surface area (Å²) in [6.07, 6.45) is 0.288. The number of amides is 2. The highest BCUT2D eigenvalue weighted by atomic mass is 16.5. The van der Waals surface area contributed by atoms with Crippen LogP contribution in [0.1, 0.15) is 17.5 Å². The van der Waals surface area contributed by atoms with Crippen molar-refractivity contribution in [1.29, 1.82) is 0 Å². The van der Waals surface area contributed by atoms with E-state index in [-0.39, 0.29) is 24.8 Å². The number of nitrogens with zero attached hydrogens (tertiary/aromatic N) is 2. The number of carbonyl (C=O) groups excluding carboxylic acids is 2. The molecule has 0 atom stereocenters. The molecule has 2 aliphatic rings. The first kappa shape index (κ1) is 19.5. The van der Waals surface area contributed by atoms with Crippen LogP contribution >= 0.6 is 0 Å². The minimum atomic E-state index is -0.0630. The molecule has 2 aliphatic heterocycles. The number of quaternary nitrogens is 1. The van der Waals surface area contributed by atoms with Crippen molar-refractivity contribution in [2.45, 2.75) is 19.9 Å². The van der Waals surface area contributed by atoms with Crippen molar-refractivity contribution in [3.63, 3.8) is 0 Å². The van der Waals surface area contributed by atoms with Crippen LogP contribution in [0.2, 0.25) is 0 Å². The van der Waals surface area contributed by atoms with Crippen molar-refractivity contribution in [2.75, 3.05) is 44.2 Å². The lowest BCUT2D eigenvalue weighted by molar-refractivity contribution is -0.917. The van der Waals surface area contributed by atoms with E-state index in [1.165, 1.54) is 16.0 Å². The summed E-state index contributed by atoms with van der Waals surface area (Å²) in [6.45, 7) is 6.82. The molecule has 0 spiro atoms. The Kier molecular flexibility index (Phi) is 5.81. The fraction of sp³-hybridized carbons (Fsp3) is 0.391. The van der Waals surface area contributed by atoms with E-state index in [9.17, 15) is 9.59 Å². The second-order valence-corrected chi connectivity index (χ2v) is 7.84. The number of anilines is 1. The minimum Gasteiger partial charge on any atom is -0.491 e. The van der Waals surface area contributed by atoms with Crippen LogP contribution in [-0.4, -0.2) is 56.0 Å². The topological polar surface area (TPSA) is 54.3 Å². The maximum atomic E-state index is 12.9. The third-order valence-electron chi connectivity index (χ3n) is 5.68. The molecule has 0 saturated carbocycles. The molecule has 6 nitrogen and oxygen atoms in total. The number of benzene rings is 2. The summed E-state index contributed by atoms with van der Waals surface area (Å²) in [5, 5.41) is 0. The maximum Gasteiger partial charge on any atom is 0.243 e. The maximum absolute atomic E-state index is 12.9. The van der Waals surface area contributed by atoms with Crippen LogP contribution in [0.4, 0.5) is 5.69 Å². The third-order valence-corrected chi connectivity index (χ3v) is 5.68. The van der Waals surface area contributed by atoms with Crippen molar-refractivity contribution in [1.82, 2.24) is 4.90 Å². The zero-order chi connectivity index (χ0) is 20.2. The Balaban J connectivity index is 1.36. The van der Waals surface area contributed by atoms with Gasteiger partial charge < -0.3 is 14.5 Å². The Morgan fingerprint density at radius 3 is 2.69 bits per heavy atom. The molecule has 2 aromatic carbocycles. The molecule has 0 unspecified atom stereocenters. The molecular formula is C23H28N3O3+. The van der Waals surface area contributed by atoms with Gasteiger partial charge in [0.25, 0.3) is 0 Å². The molecule has 29 heavy (non-hydrogen) atoms. The molecule has 0 bridgehead atoms. The molecule has 0 aliphatic carbocycles. The summed E-state index contributed by atoms with van der Waals surface area (Å²) in [5.74, 6) is 0.607. The summed E-state index contributed by atoms with van der Waals surface area (Å²) >= 11 is 0. The van der Waals surface area contributed by atoms with E-state index in [4.69, 9.17) is 4.74 Å². The van der Waals surface area contributed by atoms with E-state index in [0.29, 0.717) is 18.0 Å². The molecule has 6 heteroatoms. The van der Waals surface area contributed by atoms with Crippen molar-refractivity contribution in [3.05, 3.63) is 59.7 Å². The molecule has 2 aromatic rings. The van der Waals surface area contributed by atoms with E-state index < -0.39 is 0 Å². The van der Waals surface area contributed by atoms with Crippen molar-refractivity contribution < 1.29 is 19.2 Å². The summed E-state index contributed by atoms with van der Waals surface area (Å²) in [4.78, 5) is 30.4. The van der Waals surface area contributed by atoms with Crippen LogP contribution in [0.3, 0.4) is 0 Å². The SMILES string of the molecule is Cc1cccc(C[NH+]2CCN(C(=O)CN3C(=O)CCOc4ccccc43)CC2)c1. The van der Waals surface area contributed by atoms with Gasteiger partial charge in [-0.05, 0) is 19.1 Å². The van der Waals surface area contributed by atoms with E-state index in [1.807, 2.05) is 29.2 Å². The summed E-state index contributed by atoms with van der Waals surface area (Å²) in [7, 11) is 0. The first-order chi connectivity index (χ1) is 14.1. The van der Waals surface area contributed by atoms with Gasteiger partial charge in [0.1, 0.15) is 18.8 Å². The van der Waals surface area contributed by atoms with Crippen LogP contribution in [0, 0.1) is 6.92 Å². The first-order valence-electron chi connectivity index (χ1n) is 10.3. The van der Waals surface area contributed by atoms with Crippen LogP contribution in [-0.2, 0) is 16.1 Å². The lowest BCUT2D eigenvalue weighted by Crippen LogP contribution is -3.13. The molecule has 0 aromatic heterocycles. The molecule has 2 amide bonds. The van der Waals surface area contributed by atoms with Gasteiger partial charge in [0.2, 0.25) is 11.8 Å². The number of nitrogens with one attached hydrogen (secondary N) is 1. The highest BCUT2D eigenvalue weighted by Crippen LogP contribution is 2.30. The Hall–Kier alpha value is -2.86. The Morgan fingerprint density at radius 1 is 1.10 bits per heavy atom. The monoisotopic (exact) mass is 394 g/mol. The number of hydrogen-bond donors (Lipinski definition) is 1. The Bertz CT molecular complexity index is 890. The fourth-order valence-corrected chi connectivity index (χ4v) is 4.09. The lowest BCUT2D eigenvalue weighted by atomic mass is 10.1. The summed E-state index contributed by atoms with van der Waals surface area (Å²) < 4.78 is 5.66. The molecule has 1 N–H and O–H groups in total. The van der Waals surface area contributed by atoms with E-state index in [1.54, 1.807) is 4.90 Å². The second-order valence-electron chi connectivity index (χ2n) is 7.84. The number of carbonyl (C=O) groups is 2. The van der Waals surface area contributed by atoms with Gasteiger partial charge in [0.15, 0.2) is 0 Å². The Morgan fingerprint density at radius 2 is 1.90 bits per heavy atom. The predicted molar refractivity (Wildman–Crippen MR) is 111 cm³/mol. The smallest absolute Gasteiger partial charge is 0.243 e. The number of aryl methyl sites for hydroxylation is 1. The fourth-order valence-electron chi connectivity index (χ4n) is 4.09. The second kappa shape index (κ2) is 8.66. The van der Waals surface area contributed by atoms with Crippen LogP contribution in [0.15, 0.2) is 48.5 Å². The van der Waals surface area contributed by atoms with Gasteiger partial charge in [-0.25, -0.2) is 0 Å². The molecule has 0 radical (unpaired) electrons. The van der Waals surface area contributed by atoms with Gasteiger partial charge in [-0.2, -0.15) is 0 Å². The van der Waals surface area contributed by atoms with Gasteiger partial charge in [-0.3, -0.25) is 14.5 Å². The van der Waals surface area contributed by atoms with Crippen molar-refractivity contribution >= 4 is 17.5 Å². The number of hydrogen-bond acceptors (Lipinski definition) is 3. The largest absolute Gasteiger partial charge is 0.491 e.